The zero-order valence-corrected chi connectivity index (χ0v) is 17.2. The molecule has 0 aliphatic carbocycles. The Balaban J connectivity index is 1.95. The van der Waals surface area contributed by atoms with Crippen LogP contribution in [0.1, 0.15) is 46.1 Å². The third-order valence-electron chi connectivity index (χ3n) is 4.61. The Morgan fingerprint density at radius 2 is 1.34 bits per heavy atom. The number of hydrogen-bond donors (Lipinski definition) is 2. The van der Waals surface area contributed by atoms with E-state index in [0.717, 1.165) is 22.9 Å². The maximum Gasteiger partial charge on any atom is 0.264 e. The second-order valence-electron chi connectivity index (χ2n) is 6.97. The summed E-state index contributed by atoms with van der Waals surface area (Å²) in [6.07, 6.45) is 0.963. The predicted octanol–water partition coefficient (Wildman–Crippen LogP) is 3.82. The van der Waals surface area contributed by atoms with Crippen LogP contribution in [0.25, 0.3) is 0 Å². The van der Waals surface area contributed by atoms with Gasteiger partial charge < -0.3 is 0 Å². The van der Waals surface area contributed by atoms with Gasteiger partial charge in [0.1, 0.15) is 0 Å². The molecule has 2 unspecified atom stereocenters. The van der Waals surface area contributed by atoms with Crippen molar-refractivity contribution in [2.75, 3.05) is 6.26 Å². The van der Waals surface area contributed by atoms with Crippen molar-refractivity contribution in [1.29, 1.82) is 0 Å². The summed E-state index contributed by atoms with van der Waals surface area (Å²) in [7, 11) is -3.63. The average molecular weight is 409 g/mol. The summed E-state index contributed by atoms with van der Waals surface area (Å²) < 4.78 is 24.8. The first-order valence-electron chi connectivity index (χ1n) is 9.31. The van der Waals surface area contributed by atoms with Gasteiger partial charge in [0.25, 0.3) is 5.91 Å². The largest absolute Gasteiger partial charge is 0.300 e. The molecular weight excluding hydrogens is 384 g/mol. The number of sulfonamides is 1. The number of hydrogen-bond acceptors (Lipinski definition) is 4. The molecule has 1 amide bonds. The van der Waals surface area contributed by atoms with E-state index in [2.05, 4.69) is 24.4 Å². The third-order valence-corrected chi connectivity index (χ3v) is 5.17. The van der Waals surface area contributed by atoms with Crippen LogP contribution in [0.2, 0.25) is 0 Å². The van der Waals surface area contributed by atoms with Crippen molar-refractivity contribution in [2.45, 2.75) is 19.0 Å². The van der Waals surface area contributed by atoms with Crippen LogP contribution in [-0.2, 0) is 10.0 Å². The molecule has 0 spiro atoms. The second-order valence-corrected chi connectivity index (χ2v) is 8.72. The van der Waals surface area contributed by atoms with E-state index >= 15 is 0 Å². The number of nitrogens with one attached hydrogen (secondary N) is 2. The topological polar surface area (TPSA) is 75.3 Å². The van der Waals surface area contributed by atoms with Gasteiger partial charge in [-0.15, -0.1) is 0 Å². The van der Waals surface area contributed by atoms with Crippen LogP contribution in [-0.4, -0.2) is 20.6 Å². The molecule has 0 aliphatic rings. The Bertz CT molecular complexity index is 1070. The van der Waals surface area contributed by atoms with E-state index < -0.39 is 15.9 Å². The van der Waals surface area contributed by atoms with E-state index in [4.69, 9.17) is 0 Å². The standard InChI is InChI=1S/C23H24N2O3S/c1-17(18-10-5-3-6-11-18)24-22(19-12-7-4-8-13-19)20-14-9-15-21(16-20)23(26)25-29(2,27)28/h3-17,22,24H,1-2H3,(H,25,26). The third kappa shape index (κ3) is 5.76. The molecule has 0 bridgehead atoms. The Hall–Kier alpha value is -2.96. The highest BCUT2D eigenvalue weighted by molar-refractivity contribution is 7.89. The SMILES string of the molecule is CC(NC(c1ccccc1)c1cccc(C(=O)NS(C)(=O)=O)c1)c1ccccc1. The van der Waals surface area contributed by atoms with Crippen LogP contribution < -0.4 is 10.0 Å². The highest BCUT2D eigenvalue weighted by Gasteiger charge is 2.19. The molecule has 0 radical (unpaired) electrons. The van der Waals surface area contributed by atoms with Crippen molar-refractivity contribution < 1.29 is 13.2 Å². The van der Waals surface area contributed by atoms with Gasteiger partial charge in [-0.2, -0.15) is 0 Å². The average Bonchev–Trinajstić information content (AvgIpc) is 2.72. The molecule has 2 N–H and O–H groups in total. The lowest BCUT2D eigenvalue weighted by atomic mass is 9.95. The smallest absolute Gasteiger partial charge is 0.264 e. The van der Waals surface area contributed by atoms with E-state index in [9.17, 15) is 13.2 Å². The van der Waals surface area contributed by atoms with Gasteiger partial charge in [0.15, 0.2) is 0 Å². The minimum Gasteiger partial charge on any atom is -0.300 e. The summed E-state index contributed by atoms with van der Waals surface area (Å²) in [5.74, 6) is -0.641. The number of rotatable bonds is 7. The molecule has 0 aromatic heterocycles. The first kappa shape index (κ1) is 20.8. The molecule has 0 heterocycles. The van der Waals surface area contributed by atoms with Crippen molar-refractivity contribution in [3.05, 3.63) is 107 Å². The van der Waals surface area contributed by atoms with Crippen LogP contribution in [0.3, 0.4) is 0 Å². The quantitative estimate of drug-likeness (QED) is 0.623. The Kier molecular flexibility index (Phi) is 6.46. The Labute approximate surface area is 171 Å². The van der Waals surface area contributed by atoms with E-state index in [1.165, 1.54) is 0 Å². The molecule has 0 saturated heterocycles. The summed E-state index contributed by atoms with van der Waals surface area (Å²) in [5, 5.41) is 3.63. The Morgan fingerprint density at radius 3 is 1.93 bits per heavy atom. The maximum absolute atomic E-state index is 12.3. The second kappa shape index (κ2) is 9.03. The first-order chi connectivity index (χ1) is 13.8. The summed E-state index contributed by atoms with van der Waals surface area (Å²) in [6, 6.07) is 27.0. The van der Waals surface area contributed by atoms with Crippen LogP contribution in [0.5, 0.6) is 0 Å². The normalized spacial score (nSPS) is 13.4. The molecule has 0 fully saturated rings. The summed E-state index contributed by atoms with van der Waals surface area (Å²) >= 11 is 0. The van der Waals surface area contributed by atoms with Crippen LogP contribution in [0, 0.1) is 0 Å². The van der Waals surface area contributed by atoms with E-state index in [0.29, 0.717) is 5.56 Å². The van der Waals surface area contributed by atoms with Crippen molar-refractivity contribution in [1.82, 2.24) is 10.0 Å². The molecule has 3 aromatic carbocycles. The summed E-state index contributed by atoms with van der Waals surface area (Å²) in [5.41, 5.74) is 3.37. The van der Waals surface area contributed by atoms with E-state index in [-0.39, 0.29) is 12.1 Å². The lowest BCUT2D eigenvalue weighted by Gasteiger charge is -2.25. The Morgan fingerprint density at radius 1 is 0.793 bits per heavy atom. The molecule has 29 heavy (non-hydrogen) atoms. The molecule has 150 valence electrons. The van der Waals surface area contributed by atoms with Gasteiger partial charge in [-0.25, -0.2) is 13.1 Å². The molecule has 5 nitrogen and oxygen atoms in total. The fourth-order valence-corrected chi connectivity index (χ4v) is 3.66. The van der Waals surface area contributed by atoms with Gasteiger partial charge in [-0.1, -0.05) is 72.8 Å². The highest BCUT2D eigenvalue weighted by Crippen LogP contribution is 2.26. The minimum atomic E-state index is -3.63. The number of carbonyl (C=O) groups is 1. The number of carbonyl (C=O) groups excluding carboxylic acids is 1. The van der Waals surface area contributed by atoms with Gasteiger partial charge in [0, 0.05) is 11.6 Å². The molecule has 0 saturated carbocycles. The van der Waals surface area contributed by atoms with Crippen molar-refractivity contribution in [2.24, 2.45) is 0 Å². The molecule has 3 aromatic rings. The lowest BCUT2D eigenvalue weighted by molar-refractivity contribution is 0.0981. The molecule has 0 aliphatic heterocycles. The first-order valence-corrected chi connectivity index (χ1v) is 11.2. The van der Waals surface area contributed by atoms with Crippen LogP contribution in [0.4, 0.5) is 0 Å². The molecule has 2 atom stereocenters. The van der Waals surface area contributed by atoms with Crippen LogP contribution in [0.15, 0.2) is 84.9 Å². The highest BCUT2D eigenvalue weighted by atomic mass is 32.2. The zero-order chi connectivity index (χ0) is 20.9. The lowest BCUT2D eigenvalue weighted by Crippen LogP contribution is -2.30. The summed E-state index contributed by atoms with van der Waals surface area (Å²) in [6.45, 7) is 2.09. The van der Waals surface area contributed by atoms with E-state index in [1.807, 2.05) is 59.3 Å². The molecular formula is C23H24N2O3S. The van der Waals surface area contributed by atoms with Gasteiger partial charge in [0.2, 0.25) is 10.0 Å². The number of benzene rings is 3. The van der Waals surface area contributed by atoms with Gasteiger partial charge in [-0.3, -0.25) is 10.1 Å². The minimum absolute atomic E-state index is 0.0647. The zero-order valence-electron chi connectivity index (χ0n) is 16.4. The summed E-state index contributed by atoms with van der Waals surface area (Å²) in [4.78, 5) is 12.3. The van der Waals surface area contributed by atoms with E-state index in [1.54, 1.807) is 18.2 Å². The maximum atomic E-state index is 12.3. The van der Waals surface area contributed by atoms with Crippen molar-refractivity contribution in [3.8, 4) is 0 Å². The van der Waals surface area contributed by atoms with Gasteiger partial charge >= 0.3 is 0 Å². The molecule has 6 heteroatoms. The van der Waals surface area contributed by atoms with Crippen molar-refractivity contribution >= 4 is 15.9 Å². The fourth-order valence-electron chi connectivity index (χ4n) is 3.21. The van der Waals surface area contributed by atoms with Gasteiger partial charge in [0.05, 0.1) is 12.3 Å². The van der Waals surface area contributed by atoms with Gasteiger partial charge in [-0.05, 0) is 35.7 Å². The predicted molar refractivity (Wildman–Crippen MR) is 115 cm³/mol. The van der Waals surface area contributed by atoms with Crippen molar-refractivity contribution in [3.63, 3.8) is 0 Å². The van der Waals surface area contributed by atoms with Crippen LogP contribution >= 0.6 is 0 Å². The number of amides is 1. The monoisotopic (exact) mass is 408 g/mol. The fraction of sp³-hybridized carbons (Fsp3) is 0.174. The molecule has 3 rings (SSSR count).